The topological polar surface area (TPSA) is 87.4 Å². The maximum absolute atomic E-state index is 13.0. The number of rotatable bonds is 5. The first-order valence-electron chi connectivity index (χ1n) is 11.6. The van der Waals surface area contributed by atoms with Crippen LogP contribution in [0.1, 0.15) is 45.1 Å². The number of nitrogen functional groups attached to an aromatic ring is 1. The lowest BCUT2D eigenvalue weighted by Crippen LogP contribution is -2.47. The van der Waals surface area contributed by atoms with Gasteiger partial charge in [-0.15, -0.1) is 0 Å². The minimum atomic E-state index is 0.161. The summed E-state index contributed by atoms with van der Waals surface area (Å²) in [6, 6.07) is 10.2. The van der Waals surface area contributed by atoms with Gasteiger partial charge in [-0.2, -0.15) is 0 Å². The number of nitrogens with one attached hydrogen (secondary N) is 1. The average molecular weight is 425 g/mol. The Kier molecular flexibility index (Phi) is 8.64. The molecule has 0 saturated carbocycles. The highest BCUT2D eigenvalue weighted by atomic mass is 16.2. The molecule has 2 saturated heterocycles. The van der Waals surface area contributed by atoms with Crippen molar-refractivity contribution in [3.8, 4) is 0 Å². The first-order valence-corrected chi connectivity index (χ1v) is 11.6. The van der Waals surface area contributed by atoms with E-state index in [0.29, 0.717) is 17.8 Å². The zero-order valence-corrected chi connectivity index (χ0v) is 18.8. The fourth-order valence-electron chi connectivity index (χ4n) is 4.35. The van der Waals surface area contributed by atoms with Crippen molar-refractivity contribution in [2.75, 3.05) is 37.2 Å². The Hall–Kier alpha value is -2.67. The number of anilines is 2. The molecule has 168 valence electrons. The van der Waals surface area contributed by atoms with Crippen LogP contribution in [0.15, 0.2) is 42.7 Å². The molecule has 7 heteroatoms. The van der Waals surface area contributed by atoms with Crippen molar-refractivity contribution in [2.45, 2.75) is 52.1 Å². The number of carbonyl (C=O) groups is 1. The quantitative estimate of drug-likeness (QED) is 0.765. The standard InChI is InChI=1S/C22H30N6O.C2H6/c23-20-15-17(4-10-24-20)16-27-11-5-18(6-12-27)22(29)28-13-7-19(8-14-28)26-21-3-1-2-9-25-21;1-2/h1-4,9-10,15,18-19H,5-8,11-14,16H2,(H2,23,24)(H,25,26);1-2H3. The van der Waals surface area contributed by atoms with Gasteiger partial charge in [0, 0.05) is 44.0 Å². The molecule has 0 aromatic carbocycles. The molecule has 0 atom stereocenters. The maximum Gasteiger partial charge on any atom is 0.225 e. The highest BCUT2D eigenvalue weighted by Crippen LogP contribution is 2.24. The number of hydrogen-bond acceptors (Lipinski definition) is 6. The summed E-state index contributed by atoms with van der Waals surface area (Å²) in [5.41, 5.74) is 6.96. The van der Waals surface area contributed by atoms with Crippen LogP contribution in [0.25, 0.3) is 0 Å². The molecule has 2 fully saturated rings. The van der Waals surface area contributed by atoms with E-state index < -0.39 is 0 Å². The zero-order chi connectivity index (χ0) is 22.1. The van der Waals surface area contributed by atoms with Crippen molar-refractivity contribution in [1.82, 2.24) is 19.8 Å². The van der Waals surface area contributed by atoms with Crippen molar-refractivity contribution in [3.05, 3.63) is 48.3 Å². The van der Waals surface area contributed by atoms with E-state index in [2.05, 4.69) is 25.1 Å². The van der Waals surface area contributed by atoms with Crippen LogP contribution >= 0.6 is 0 Å². The molecule has 1 amide bonds. The molecule has 2 aliphatic rings. The summed E-state index contributed by atoms with van der Waals surface area (Å²) in [5, 5.41) is 3.48. The van der Waals surface area contributed by atoms with E-state index in [9.17, 15) is 4.79 Å². The Morgan fingerprint density at radius 3 is 2.42 bits per heavy atom. The Bertz CT molecular complexity index is 799. The summed E-state index contributed by atoms with van der Waals surface area (Å²) in [6.07, 6.45) is 7.39. The minimum absolute atomic E-state index is 0.161. The monoisotopic (exact) mass is 424 g/mol. The number of nitrogens with zero attached hydrogens (tertiary/aromatic N) is 4. The van der Waals surface area contributed by atoms with Crippen LogP contribution in [0, 0.1) is 5.92 Å². The van der Waals surface area contributed by atoms with Gasteiger partial charge in [0.25, 0.3) is 0 Å². The van der Waals surface area contributed by atoms with Gasteiger partial charge in [-0.1, -0.05) is 19.9 Å². The van der Waals surface area contributed by atoms with Crippen LogP contribution in [0.3, 0.4) is 0 Å². The largest absolute Gasteiger partial charge is 0.384 e. The number of likely N-dealkylation sites (tertiary alicyclic amines) is 2. The van der Waals surface area contributed by atoms with Gasteiger partial charge in [-0.25, -0.2) is 9.97 Å². The molecule has 0 spiro atoms. The molecule has 4 heterocycles. The van der Waals surface area contributed by atoms with E-state index in [-0.39, 0.29) is 5.92 Å². The second-order valence-electron chi connectivity index (χ2n) is 8.10. The number of nitrogens with two attached hydrogens (primary N) is 1. The summed E-state index contributed by atoms with van der Waals surface area (Å²) in [5.74, 6) is 1.98. The van der Waals surface area contributed by atoms with E-state index in [1.165, 1.54) is 5.56 Å². The van der Waals surface area contributed by atoms with Crippen LogP contribution in [0.2, 0.25) is 0 Å². The van der Waals surface area contributed by atoms with E-state index in [4.69, 9.17) is 5.73 Å². The van der Waals surface area contributed by atoms with Crippen molar-refractivity contribution in [2.24, 2.45) is 5.92 Å². The van der Waals surface area contributed by atoms with E-state index in [1.54, 1.807) is 12.4 Å². The van der Waals surface area contributed by atoms with Crippen molar-refractivity contribution < 1.29 is 4.79 Å². The predicted molar refractivity (Wildman–Crippen MR) is 125 cm³/mol. The average Bonchev–Trinajstić information content (AvgIpc) is 2.82. The number of pyridine rings is 2. The van der Waals surface area contributed by atoms with Crippen molar-refractivity contribution in [1.29, 1.82) is 0 Å². The smallest absolute Gasteiger partial charge is 0.225 e. The number of aromatic nitrogens is 2. The van der Waals surface area contributed by atoms with Gasteiger partial charge in [0.15, 0.2) is 0 Å². The summed E-state index contributed by atoms with van der Waals surface area (Å²) < 4.78 is 0. The van der Waals surface area contributed by atoms with E-state index in [0.717, 1.165) is 64.2 Å². The summed E-state index contributed by atoms with van der Waals surface area (Å²) in [7, 11) is 0. The number of amides is 1. The highest BCUT2D eigenvalue weighted by molar-refractivity contribution is 5.79. The van der Waals surface area contributed by atoms with Gasteiger partial charge in [-0.05, 0) is 68.6 Å². The normalized spacial score (nSPS) is 18.2. The molecular weight excluding hydrogens is 388 g/mol. The molecule has 0 radical (unpaired) electrons. The summed E-state index contributed by atoms with van der Waals surface area (Å²) >= 11 is 0. The minimum Gasteiger partial charge on any atom is -0.384 e. The summed E-state index contributed by atoms with van der Waals surface area (Å²) in [4.78, 5) is 25.8. The van der Waals surface area contributed by atoms with Gasteiger partial charge < -0.3 is 16.0 Å². The van der Waals surface area contributed by atoms with E-state index >= 15 is 0 Å². The first kappa shape index (κ1) is 23.0. The third-order valence-electron chi connectivity index (χ3n) is 6.01. The molecule has 0 unspecified atom stereocenters. The van der Waals surface area contributed by atoms with Crippen molar-refractivity contribution >= 4 is 17.5 Å². The third-order valence-corrected chi connectivity index (χ3v) is 6.01. The lowest BCUT2D eigenvalue weighted by molar-refractivity contribution is -0.138. The second-order valence-corrected chi connectivity index (χ2v) is 8.10. The molecular formula is C24H36N6O. The van der Waals surface area contributed by atoms with Crippen LogP contribution in [0.5, 0.6) is 0 Å². The highest BCUT2D eigenvalue weighted by Gasteiger charge is 2.31. The Morgan fingerprint density at radius 2 is 1.77 bits per heavy atom. The maximum atomic E-state index is 13.0. The molecule has 4 rings (SSSR count). The van der Waals surface area contributed by atoms with E-state index in [1.807, 2.05) is 44.2 Å². The molecule has 31 heavy (non-hydrogen) atoms. The molecule has 7 nitrogen and oxygen atoms in total. The molecule has 0 bridgehead atoms. The van der Waals surface area contributed by atoms with Gasteiger partial charge >= 0.3 is 0 Å². The second kappa shape index (κ2) is 11.6. The number of hydrogen-bond donors (Lipinski definition) is 2. The number of piperidine rings is 2. The van der Waals surface area contributed by atoms with Crippen LogP contribution in [-0.4, -0.2) is 57.9 Å². The van der Waals surface area contributed by atoms with Gasteiger partial charge in [0.1, 0.15) is 11.6 Å². The van der Waals surface area contributed by atoms with Crippen molar-refractivity contribution in [3.63, 3.8) is 0 Å². The lowest BCUT2D eigenvalue weighted by atomic mass is 9.93. The molecule has 0 aliphatic carbocycles. The fraction of sp³-hybridized carbons (Fsp3) is 0.542. The Labute approximate surface area is 186 Å². The fourth-order valence-corrected chi connectivity index (χ4v) is 4.35. The summed E-state index contributed by atoms with van der Waals surface area (Å²) in [6.45, 7) is 8.45. The zero-order valence-electron chi connectivity index (χ0n) is 18.8. The lowest BCUT2D eigenvalue weighted by Gasteiger charge is -2.37. The Balaban J connectivity index is 0.00000132. The molecule has 2 aromatic heterocycles. The van der Waals surface area contributed by atoms with Gasteiger partial charge in [0.05, 0.1) is 0 Å². The third kappa shape index (κ3) is 6.66. The van der Waals surface area contributed by atoms with Crippen LogP contribution in [-0.2, 0) is 11.3 Å². The van der Waals surface area contributed by atoms with Crippen LogP contribution < -0.4 is 11.1 Å². The van der Waals surface area contributed by atoms with Gasteiger partial charge in [0.2, 0.25) is 5.91 Å². The SMILES string of the molecule is CC.Nc1cc(CN2CCC(C(=O)N3CCC(Nc4ccccn4)CC3)CC2)ccn1. The molecule has 2 aromatic rings. The number of carbonyl (C=O) groups excluding carboxylic acids is 1. The molecule has 3 N–H and O–H groups in total. The Morgan fingerprint density at radius 1 is 1.03 bits per heavy atom. The first-order chi connectivity index (χ1) is 15.2. The van der Waals surface area contributed by atoms with Gasteiger partial charge in [-0.3, -0.25) is 9.69 Å². The van der Waals surface area contributed by atoms with Crippen LogP contribution in [0.4, 0.5) is 11.6 Å². The molecule has 2 aliphatic heterocycles. The predicted octanol–water partition coefficient (Wildman–Crippen LogP) is 3.40.